The molecule has 152 valence electrons. The molecule has 0 radical (unpaired) electrons. The Hall–Kier alpha value is -3.05. The molecule has 1 N–H and O–H groups in total. The van der Waals surface area contributed by atoms with Crippen molar-refractivity contribution in [3.63, 3.8) is 0 Å². The molecule has 2 aromatic heterocycles. The van der Waals surface area contributed by atoms with Gasteiger partial charge in [0.05, 0.1) is 11.6 Å². The number of nitrogens with one attached hydrogen (secondary N) is 1. The molecule has 6 rings (SSSR count). The quantitative estimate of drug-likeness (QED) is 0.660. The van der Waals surface area contributed by atoms with Gasteiger partial charge in [0.25, 0.3) is 5.91 Å². The van der Waals surface area contributed by atoms with E-state index < -0.39 is 0 Å². The third-order valence-corrected chi connectivity index (χ3v) is 6.74. The number of amides is 1. The number of piperidine rings is 3. The van der Waals surface area contributed by atoms with E-state index in [-0.39, 0.29) is 18.0 Å². The summed E-state index contributed by atoms with van der Waals surface area (Å²) < 4.78 is 0. The van der Waals surface area contributed by atoms with E-state index in [9.17, 15) is 4.79 Å². The number of hydrogen-bond acceptors (Lipinski definition) is 4. The molecule has 1 unspecified atom stereocenters. The Balaban J connectivity index is 1.54. The summed E-state index contributed by atoms with van der Waals surface area (Å²) in [6.07, 6.45) is 7.87. The van der Waals surface area contributed by atoms with E-state index in [0.29, 0.717) is 17.5 Å². The summed E-state index contributed by atoms with van der Waals surface area (Å²) in [6.45, 7) is 6.13. The molecule has 0 aliphatic carbocycles. The van der Waals surface area contributed by atoms with Crippen LogP contribution >= 0.6 is 0 Å². The lowest BCUT2D eigenvalue weighted by molar-refractivity contribution is 0.00167. The predicted octanol–water partition coefficient (Wildman–Crippen LogP) is 4.00. The van der Waals surface area contributed by atoms with Crippen LogP contribution in [0.2, 0.25) is 0 Å². The first-order chi connectivity index (χ1) is 14.7. The molecular weight excluding hydrogens is 372 g/mol. The maximum Gasteiger partial charge on any atom is 0.270 e. The van der Waals surface area contributed by atoms with Gasteiger partial charge in [-0.05, 0) is 61.1 Å². The predicted molar refractivity (Wildman–Crippen MR) is 118 cm³/mol. The zero-order valence-electron chi connectivity index (χ0n) is 16.9. The molecule has 3 aliphatic rings. The van der Waals surface area contributed by atoms with E-state index in [1.807, 2.05) is 36.5 Å². The summed E-state index contributed by atoms with van der Waals surface area (Å²) in [6, 6.07) is 15.8. The zero-order valence-corrected chi connectivity index (χ0v) is 16.9. The fourth-order valence-electron chi connectivity index (χ4n) is 5.21. The molecule has 2 bridgehead atoms. The van der Waals surface area contributed by atoms with E-state index in [1.165, 1.54) is 6.42 Å². The van der Waals surface area contributed by atoms with Crippen molar-refractivity contribution < 1.29 is 4.79 Å². The molecule has 5 heteroatoms. The van der Waals surface area contributed by atoms with Crippen molar-refractivity contribution in [2.75, 3.05) is 13.1 Å². The summed E-state index contributed by atoms with van der Waals surface area (Å²) >= 11 is 0. The van der Waals surface area contributed by atoms with Gasteiger partial charge in [-0.3, -0.25) is 19.7 Å². The van der Waals surface area contributed by atoms with Gasteiger partial charge in [-0.15, -0.1) is 6.58 Å². The van der Waals surface area contributed by atoms with Crippen LogP contribution in [0, 0.1) is 11.8 Å². The number of carbonyl (C=O) groups excluding carboxylic acids is 1. The molecule has 0 saturated carbocycles. The summed E-state index contributed by atoms with van der Waals surface area (Å²) in [5, 5.41) is 4.42. The van der Waals surface area contributed by atoms with Crippen LogP contribution in [0.25, 0.3) is 10.9 Å². The second kappa shape index (κ2) is 8.00. The van der Waals surface area contributed by atoms with Gasteiger partial charge in [-0.25, -0.2) is 0 Å². The molecule has 3 aliphatic heterocycles. The van der Waals surface area contributed by atoms with Gasteiger partial charge in [0.2, 0.25) is 0 Å². The smallest absolute Gasteiger partial charge is 0.270 e. The van der Waals surface area contributed by atoms with Crippen molar-refractivity contribution in [2.45, 2.75) is 24.9 Å². The Bertz CT molecular complexity index is 1060. The third-order valence-electron chi connectivity index (χ3n) is 6.74. The minimum absolute atomic E-state index is 0.124. The van der Waals surface area contributed by atoms with Crippen LogP contribution in [0.1, 0.15) is 34.9 Å². The first-order valence-corrected chi connectivity index (χ1v) is 10.7. The molecule has 0 spiro atoms. The van der Waals surface area contributed by atoms with Gasteiger partial charge in [0, 0.05) is 30.4 Å². The molecule has 30 heavy (non-hydrogen) atoms. The SMILES string of the molecule is C=C[C@@H]1CN2CC[C@H]1C[C@@H]2[C@H](NC(=O)c1ccccn1)c1ccnc2ccccc12. The molecule has 3 aromatic rings. The second-order valence-electron chi connectivity index (χ2n) is 8.33. The molecule has 1 aromatic carbocycles. The van der Waals surface area contributed by atoms with Crippen molar-refractivity contribution in [3.05, 3.63) is 84.8 Å². The monoisotopic (exact) mass is 398 g/mol. The van der Waals surface area contributed by atoms with Gasteiger partial charge in [-0.2, -0.15) is 0 Å². The number of para-hydroxylation sites is 1. The van der Waals surface area contributed by atoms with Crippen molar-refractivity contribution in [3.8, 4) is 0 Å². The molecule has 5 nitrogen and oxygen atoms in total. The molecule has 3 saturated heterocycles. The van der Waals surface area contributed by atoms with Gasteiger partial charge in [-0.1, -0.05) is 30.3 Å². The van der Waals surface area contributed by atoms with Gasteiger partial charge < -0.3 is 5.32 Å². The number of hydrogen-bond donors (Lipinski definition) is 1. The highest BCUT2D eigenvalue weighted by atomic mass is 16.2. The van der Waals surface area contributed by atoms with E-state index in [2.05, 4.69) is 45.0 Å². The third kappa shape index (κ3) is 3.39. The van der Waals surface area contributed by atoms with Crippen LogP contribution in [0.4, 0.5) is 0 Å². The lowest BCUT2D eigenvalue weighted by Crippen LogP contribution is -2.57. The maximum atomic E-state index is 13.1. The van der Waals surface area contributed by atoms with Crippen LogP contribution in [0.3, 0.4) is 0 Å². The number of pyridine rings is 2. The first-order valence-electron chi connectivity index (χ1n) is 10.7. The summed E-state index contributed by atoms with van der Waals surface area (Å²) in [5.41, 5.74) is 2.52. The van der Waals surface area contributed by atoms with Crippen molar-refractivity contribution >= 4 is 16.8 Å². The Morgan fingerprint density at radius 2 is 2.00 bits per heavy atom. The van der Waals surface area contributed by atoms with Crippen molar-refractivity contribution in [2.24, 2.45) is 11.8 Å². The zero-order chi connectivity index (χ0) is 20.5. The lowest BCUT2D eigenvalue weighted by atomic mass is 9.73. The minimum Gasteiger partial charge on any atom is -0.342 e. The fourth-order valence-corrected chi connectivity index (χ4v) is 5.21. The number of nitrogens with zero attached hydrogens (tertiary/aromatic N) is 3. The average Bonchev–Trinajstić information content (AvgIpc) is 2.83. The number of aromatic nitrogens is 2. The molecule has 1 amide bonds. The summed E-state index contributed by atoms with van der Waals surface area (Å²) in [7, 11) is 0. The van der Waals surface area contributed by atoms with Crippen LogP contribution in [0.5, 0.6) is 0 Å². The summed E-state index contributed by atoms with van der Waals surface area (Å²) in [5.74, 6) is 1.03. The fraction of sp³-hybridized carbons (Fsp3) is 0.320. The largest absolute Gasteiger partial charge is 0.342 e. The minimum atomic E-state index is -0.135. The number of benzene rings is 1. The summed E-state index contributed by atoms with van der Waals surface area (Å²) in [4.78, 5) is 24.4. The maximum absolute atomic E-state index is 13.1. The van der Waals surface area contributed by atoms with E-state index in [0.717, 1.165) is 36.0 Å². The Labute approximate surface area is 176 Å². The molecule has 5 heterocycles. The lowest BCUT2D eigenvalue weighted by Gasteiger charge is -2.51. The average molecular weight is 399 g/mol. The Kier molecular flexibility index (Phi) is 5.05. The number of carbonyl (C=O) groups is 1. The van der Waals surface area contributed by atoms with Gasteiger partial charge in [0.15, 0.2) is 0 Å². The second-order valence-corrected chi connectivity index (χ2v) is 8.33. The van der Waals surface area contributed by atoms with Crippen molar-refractivity contribution in [1.29, 1.82) is 0 Å². The highest BCUT2D eigenvalue weighted by Crippen LogP contribution is 2.42. The number of rotatable bonds is 5. The first kappa shape index (κ1) is 18.9. The van der Waals surface area contributed by atoms with E-state index in [1.54, 1.807) is 12.3 Å². The molecular formula is C25H26N4O. The highest BCUT2D eigenvalue weighted by molar-refractivity contribution is 5.93. The normalized spacial score (nSPS) is 26.3. The highest BCUT2D eigenvalue weighted by Gasteiger charge is 2.43. The van der Waals surface area contributed by atoms with Crippen molar-refractivity contribution in [1.82, 2.24) is 20.2 Å². The van der Waals surface area contributed by atoms with Crippen LogP contribution in [0.15, 0.2) is 73.6 Å². The molecule has 3 fully saturated rings. The van der Waals surface area contributed by atoms with Crippen LogP contribution in [-0.2, 0) is 0 Å². The van der Waals surface area contributed by atoms with Crippen LogP contribution < -0.4 is 5.32 Å². The van der Waals surface area contributed by atoms with Gasteiger partial charge in [0.1, 0.15) is 5.69 Å². The van der Waals surface area contributed by atoms with E-state index >= 15 is 0 Å². The molecule has 5 atom stereocenters. The topological polar surface area (TPSA) is 58.1 Å². The van der Waals surface area contributed by atoms with Gasteiger partial charge >= 0.3 is 0 Å². The standard InChI is InChI=1S/C25H26N4O/c1-2-17-16-29-14-11-18(17)15-23(29)24(28-25(30)22-9-5-6-12-26-22)20-10-13-27-21-8-4-3-7-19(20)21/h2-10,12-13,17-18,23-24H,1,11,14-16H2,(H,28,30)/t17-,18+,23-,24-/m1/s1. The Morgan fingerprint density at radius 3 is 2.77 bits per heavy atom. The van der Waals surface area contributed by atoms with E-state index in [4.69, 9.17) is 0 Å². The van der Waals surface area contributed by atoms with Crippen LogP contribution in [-0.4, -0.2) is 39.9 Å². The Morgan fingerprint density at radius 1 is 1.13 bits per heavy atom. The number of fused-ring (bicyclic) bond motifs is 4.